The van der Waals surface area contributed by atoms with E-state index in [4.69, 9.17) is 0 Å². The van der Waals surface area contributed by atoms with Gasteiger partial charge in [-0.05, 0) is 31.0 Å². The highest BCUT2D eigenvalue weighted by Gasteiger charge is 2.26. The number of benzene rings is 1. The van der Waals surface area contributed by atoms with Gasteiger partial charge in [0.25, 0.3) is 5.91 Å². The lowest BCUT2D eigenvalue weighted by Crippen LogP contribution is -2.39. The first-order chi connectivity index (χ1) is 8.98. The molecular formula is C14H19BrFNO2. The minimum Gasteiger partial charge on any atom is -0.396 e. The fourth-order valence-corrected chi connectivity index (χ4v) is 2.18. The van der Waals surface area contributed by atoms with E-state index in [-0.39, 0.29) is 17.6 Å². The van der Waals surface area contributed by atoms with Crippen LogP contribution in [0.15, 0.2) is 22.7 Å². The number of amides is 1. The minimum absolute atomic E-state index is 0.00124. The summed E-state index contributed by atoms with van der Waals surface area (Å²) in [4.78, 5) is 12.0. The number of aliphatic hydroxyl groups excluding tert-OH is 1. The molecule has 1 aromatic carbocycles. The molecule has 1 amide bonds. The zero-order valence-corrected chi connectivity index (χ0v) is 12.8. The lowest BCUT2D eigenvalue weighted by atomic mass is 9.83. The Balaban J connectivity index is 2.77. The topological polar surface area (TPSA) is 49.3 Å². The van der Waals surface area contributed by atoms with Gasteiger partial charge >= 0.3 is 0 Å². The van der Waals surface area contributed by atoms with E-state index in [2.05, 4.69) is 21.2 Å². The first kappa shape index (κ1) is 16.1. The highest BCUT2D eigenvalue weighted by Crippen LogP contribution is 2.24. The van der Waals surface area contributed by atoms with Crippen LogP contribution in [-0.4, -0.2) is 24.2 Å². The molecule has 0 saturated carbocycles. The average Bonchev–Trinajstić information content (AvgIpc) is 2.43. The van der Waals surface area contributed by atoms with E-state index in [1.165, 1.54) is 12.1 Å². The Morgan fingerprint density at radius 2 is 2.05 bits per heavy atom. The van der Waals surface area contributed by atoms with Crippen LogP contribution in [0.1, 0.15) is 37.0 Å². The maximum absolute atomic E-state index is 13.6. The summed E-state index contributed by atoms with van der Waals surface area (Å²) in [5, 5.41) is 12.1. The molecule has 0 aliphatic heterocycles. The SMILES string of the molecule is CCC(CC)(CO)CNC(=O)c1cc(Br)ccc1F. The summed E-state index contributed by atoms with van der Waals surface area (Å²) >= 11 is 3.21. The lowest BCUT2D eigenvalue weighted by molar-refractivity contribution is 0.0847. The zero-order chi connectivity index (χ0) is 14.5. The maximum Gasteiger partial charge on any atom is 0.254 e. The third kappa shape index (κ3) is 4.01. The van der Waals surface area contributed by atoms with Crippen LogP contribution < -0.4 is 5.32 Å². The van der Waals surface area contributed by atoms with Crippen molar-refractivity contribution in [2.24, 2.45) is 5.41 Å². The molecule has 0 bridgehead atoms. The second-order valence-electron chi connectivity index (χ2n) is 4.67. The van der Waals surface area contributed by atoms with Gasteiger partial charge < -0.3 is 10.4 Å². The van der Waals surface area contributed by atoms with Crippen molar-refractivity contribution in [3.05, 3.63) is 34.1 Å². The molecule has 0 fully saturated rings. The smallest absolute Gasteiger partial charge is 0.254 e. The summed E-state index contributed by atoms with van der Waals surface area (Å²) in [6, 6.07) is 4.24. The van der Waals surface area contributed by atoms with Crippen LogP contribution >= 0.6 is 15.9 Å². The second kappa shape index (κ2) is 7.01. The van der Waals surface area contributed by atoms with E-state index in [0.29, 0.717) is 11.0 Å². The summed E-state index contributed by atoms with van der Waals surface area (Å²) in [5.74, 6) is -1.01. The van der Waals surface area contributed by atoms with E-state index in [9.17, 15) is 14.3 Å². The Labute approximate surface area is 121 Å². The highest BCUT2D eigenvalue weighted by atomic mass is 79.9. The molecule has 0 spiro atoms. The molecule has 5 heteroatoms. The summed E-state index contributed by atoms with van der Waals surface area (Å²) in [7, 11) is 0. The number of carbonyl (C=O) groups excluding carboxylic acids is 1. The van der Waals surface area contributed by atoms with Crippen LogP contribution in [0.3, 0.4) is 0 Å². The predicted octanol–water partition coefficient (Wildman–Crippen LogP) is 3.12. The van der Waals surface area contributed by atoms with Gasteiger partial charge in [-0.2, -0.15) is 0 Å². The van der Waals surface area contributed by atoms with Gasteiger partial charge in [0.1, 0.15) is 5.82 Å². The van der Waals surface area contributed by atoms with Crippen molar-refractivity contribution < 1.29 is 14.3 Å². The van der Waals surface area contributed by atoms with Crippen molar-refractivity contribution in [3.8, 4) is 0 Å². The van der Waals surface area contributed by atoms with E-state index in [0.717, 1.165) is 12.8 Å². The molecule has 1 aromatic rings. The molecule has 0 aliphatic carbocycles. The van der Waals surface area contributed by atoms with Crippen molar-refractivity contribution >= 4 is 21.8 Å². The number of hydrogen-bond acceptors (Lipinski definition) is 2. The Morgan fingerprint density at radius 1 is 1.42 bits per heavy atom. The zero-order valence-electron chi connectivity index (χ0n) is 11.2. The molecule has 0 heterocycles. The molecule has 0 aromatic heterocycles. The van der Waals surface area contributed by atoms with Gasteiger partial charge in [0, 0.05) is 16.4 Å². The number of hydrogen-bond donors (Lipinski definition) is 2. The summed E-state index contributed by atoms with van der Waals surface area (Å²) in [6.07, 6.45) is 1.50. The molecule has 1 rings (SSSR count). The fraction of sp³-hybridized carbons (Fsp3) is 0.500. The molecule has 0 radical (unpaired) electrons. The molecule has 0 saturated heterocycles. The van der Waals surface area contributed by atoms with Crippen molar-refractivity contribution in [3.63, 3.8) is 0 Å². The van der Waals surface area contributed by atoms with Crippen LogP contribution in [0.25, 0.3) is 0 Å². The van der Waals surface area contributed by atoms with E-state index in [1.807, 2.05) is 13.8 Å². The van der Waals surface area contributed by atoms with Crippen molar-refractivity contribution in [1.29, 1.82) is 0 Å². The van der Waals surface area contributed by atoms with Crippen molar-refractivity contribution in [1.82, 2.24) is 5.32 Å². The van der Waals surface area contributed by atoms with Crippen LogP contribution in [0.5, 0.6) is 0 Å². The standard InChI is InChI=1S/C14H19BrFNO2/c1-3-14(4-2,9-18)8-17-13(19)11-7-10(15)5-6-12(11)16/h5-7,18H,3-4,8-9H2,1-2H3,(H,17,19). The van der Waals surface area contributed by atoms with Gasteiger partial charge in [-0.3, -0.25) is 4.79 Å². The Hall–Kier alpha value is -0.940. The molecule has 0 unspecified atom stereocenters. The largest absolute Gasteiger partial charge is 0.396 e. The second-order valence-corrected chi connectivity index (χ2v) is 5.59. The van der Waals surface area contributed by atoms with Crippen molar-refractivity contribution in [2.75, 3.05) is 13.2 Å². The summed E-state index contributed by atoms with van der Waals surface area (Å²) in [5.41, 5.74) is -0.327. The molecule has 106 valence electrons. The molecule has 3 nitrogen and oxygen atoms in total. The number of halogens is 2. The monoisotopic (exact) mass is 331 g/mol. The van der Waals surface area contributed by atoms with E-state index >= 15 is 0 Å². The molecule has 0 aliphatic rings. The van der Waals surface area contributed by atoms with E-state index in [1.54, 1.807) is 6.07 Å². The molecule has 19 heavy (non-hydrogen) atoms. The first-order valence-electron chi connectivity index (χ1n) is 6.32. The number of nitrogens with one attached hydrogen (secondary N) is 1. The van der Waals surface area contributed by atoms with Crippen LogP contribution in [-0.2, 0) is 0 Å². The van der Waals surface area contributed by atoms with Gasteiger partial charge in [0.15, 0.2) is 0 Å². The molecule has 2 N–H and O–H groups in total. The third-order valence-electron chi connectivity index (χ3n) is 3.63. The fourth-order valence-electron chi connectivity index (χ4n) is 1.81. The Kier molecular flexibility index (Phi) is 5.94. The van der Waals surface area contributed by atoms with Gasteiger partial charge in [-0.1, -0.05) is 29.8 Å². The normalized spacial score (nSPS) is 11.4. The average molecular weight is 332 g/mol. The lowest BCUT2D eigenvalue weighted by Gasteiger charge is -2.29. The predicted molar refractivity (Wildman–Crippen MR) is 76.5 cm³/mol. The molecule has 0 atom stereocenters. The highest BCUT2D eigenvalue weighted by molar-refractivity contribution is 9.10. The number of rotatable bonds is 6. The van der Waals surface area contributed by atoms with Gasteiger partial charge in [-0.25, -0.2) is 4.39 Å². The first-order valence-corrected chi connectivity index (χ1v) is 7.11. The van der Waals surface area contributed by atoms with E-state index < -0.39 is 11.7 Å². The van der Waals surface area contributed by atoms with Gasteiger partial charge in [-0.15, -0.1) is 0 Å². The maximum atomic E-state index is 13.6. The van der Waals surface area contributed by atoms with Crippen LogP contribution in [0.2, 0.25) is 0 Å². The molecular weight excluding hydrogens is 313 g/mol. The number of carbonyl (C=O) groups is 1. The Morgan fingerprint density at radius 3 is 2.58 bits per heavy atom. The van der Waals surface area contributed by atoms with Gasteiger partial charge in [0.05, 0.1) is 12.2 Å². The third-order valence-corrected chi connectivity index (χ3v) is 4.13. The van der Waals surface area contributed by atoms with Crippen LogP contribution in [0.4, 0.5) is 4.39 Å². The van der Waals surface area contributed by atoms with Crippen LogP contribution in [0, 0.1) is 11.2 Å². The Bertz CT molecular complexity index is 439. The number of aliphatic hydroxyl groups is 1. The summed E-state index contributed by atoms with van der Waals surface area (Å²) < 4.78 is 14.2. The summed E-state index contributed by atoms with van der Waals surface area (Å²) in [6.45, 7) is 4.26. The van der Waals surface area contributed by atoms with Crippen molar-refractivity contribution in [2.45, 2.75) is 26.7 Å². The van der Waals surface area contributed by atoms with Gasteiger partial charge in [0.2, 0.25) is 0 Å². The minimum atomic E-state index is -0.553. The quantitative estimate of drug-likeness (QED) is 0.841.